The average Bonchev–Trinajstić information content (AvgIpc) is 2.86. The van der Waals surface area contributed by atoms with E-state index in [0.717, 1.165) is 16.7 Å². The average molecular weight is 509 g/mol. The van der Waals surface area contributed by atoms with Gasteiger partial charge in [-0.15, -0.1) is 0 Å². The highest BCUT2D eigenvalue weighted by Crippen LogP contribution is 2.50. The highest BCUT2D eigenvalue weighted by atomic mass is 31.2. The highest BCUT2D eigenvalue weighted by molar-refractivity contribution is 7.53. The Bertz CT molecular complexity index is 987. The van der Waals surface area contributed by atoms with E-state index in [1.54, 1.807) is 0 Å². The van der Waals surface area contributed by atoms with Crippen LogP contribution in [0.25, 0.3) is 0 Å². The van der Waals surface area contributed by atoms with Crippen molar-refractivity contribution in [3.05, 3.63) is 120 Å². The maximum absolute atomic E-state index is 12.9. The van der Waals surface area contributed by atoms with E-state index in [-0.39, 0.29) is 25.2 Å². The van der Waals surface area contributed by atoms with E-state index in [1.165, 1.54) is 0 Å². The molecule has 0 saturated carbocycles. The summed E-state index contributed by atoms with van der Waals surface area (Å²) in [6.07, 6.45) is 3.24. The lowest BCUT2D eigenvalue weighted by molar-refractivity contribution is 0.0316. The van der Waals surface area contributed by atoms with Crippen molar-refractivity contribution < 1.29 is 23.1 Å². The lowest BCUT2D eigenvalue weighted by Gasteiger charge is -2.35. The molecule has 0 aliphatic heterocycles. The van der Waals surface area contributed by atoms with Gasteiger partial charge in [0.25, 0.3) is 0 Å². The van der Waals surface area contributed by atoms with Gasteiger partial charge < -0.3 is 18.5 Å². The summed E-state index contributed by atoms with van der Waals surface area (Å²) in [5.41, 5.74) is 2.36. The van der Waals surface area contributed by atoms with E-state index in [0.29, 0.717) is 6.61 Å². The van der Waals surface area contributed by atoms with Crippen molar-refractivity contribution in [1.29, 1.82) is 0 Å². The molecular weight excluding hydrogens is 471 g/mol. The number of hydrogen-bond acceptors (Lipinski definition) is 5. The number of rotatable bonds is 14. The van der Waals surface area contributed by atoms with Gasteiger partial charge in [-0.2, -0.15) is 0 Å². The van der Waals surface area contributed by atoms with E-state index in [4.69, 9.17) is 18.5 Å². The zero-order chi connectivity index (χ0) is 25.9. The van der Waals surface area contributed by atoms with Gasteiger partial charge in [-0.25, -0.2) is 0 Å². The minimum Gasteiger partial charge on any atom is -0.365 e. The number of ether oxygens (including phenoxy) is 2. The van der Waals surface area contributed by atoms with Gasteiger partial charge in [0.2, 0.25) is 0 Å². The molecule has 0 N–H and O–H groups in total. The molecule has 0 unspecified atom stereocenters. The molecule has 0 fully saturated rings. The van der Waals surface area contributed by atoms with Crippen LogP contribution in [0.1, 0.15) is 44.4 Å². The third-order valence-corrected chi connectivity index (χ3v) is 7.29. The summed E-state index contributed by atoms with van der Waals surface area (Å²) >= 11 is 0. The van der Waals surface area contributed by atoms with E-state index in [9.17, 15) is 4.57 Å². The molecule has 3 rings (SSSR count). The molecule has 0 aromatic heterocycles. The van der Waals surface area contributed by atoms with Crippen molar-refractivity contribution in [2.24, 2.45) is 0 Å². The van der Waals surface area contributed by atoms with Crippen molar-refractivity contribution in [2.75, 3.05) is 19.6 Å². The van der Waals surface area contributed by atoms with Crippen molar-refractivity contribution in [2.45, 2.75) is 45.5 Å². The van der Waals surface area contributed by atoms with E-state index < -0.39 is 13.2 Å². The standard InChI is InChI=1S/C30H37O5P/c1-25(2)34-36(31,35-26(3)4)24-32-22-14-15-23-33-30(27-16-8-5-9-17-27,28-18-10-6-11-19-28)29-20-12-7-13-21-29/h5-21,25-26H,22-24H2,1-4H3/b15-14-. The largest absolute Gasteiger partial charge is 0.365 e. The quantitative estimate of drug-likeness (QED) is 0.0973. The maximum atomic E-state index is 12.9. The van der Waals surface area contributed by atoms with Crippen LogP contribution in [0.2, 0.25) is 0 Å². The molecule has 0 amide bonds. The predicted molar refractivity (Wildman–Crippen MR) is 145 cm³/mol. The molecule has 3 aromatic carbocycles. The molecule has 0 bridgehead atoms. The van der Waals surface area contributed by atoms with Crippen LogP contribution in [0.3, 0.4) is 0 Å². The molecule has 3 aromatic rings. The van der Waals surface area contributed by atoms with Gasteiger partial charge in [0.1, 0.15) is 11.9 Å². The minimum absolute atomic E-state index is 0.101. The summed E-state index contributed by atoms with van der Waals surface area (Å²) in [5, 5.41) is 0. The molecule has 0 atom stereocenters. The normalized spacial score (nSPS) is 12.6. The van der Waals surface area contributed by atoms with E-state index in [2.05, 4.69) is 36.4 Å². The molecular formula is C30H37O5P. The SMILES string of the molecule is CC(C)OP(=O)(COC/C=C\COC(c1ccccc1)(c1ccccc1)c1ccccc1)OC(C)C. The predicted octanol–water partition coefficient (Wildman–Crippen LogP) is 7.57. The summed E-state index contributed by atoms with van der Waals surface area (Å²) in [6.45, 7) is 7.92. The van der Waals surface area contributed by atoms with Crippen molar-refractivity contribution in [3.63, 3.8) is 0 Å². The fourth-order valence-electron chi connectivity index (χ4n) is 4.04. The molecule has 0 aliphatic rings. The van der Waals surface area contributed by atoms with Gasteiger partial charge in [0.05, 0.1) is 25.4 Å². The van der Waals surface area contributed by atoms with Crippen molar-refractivity contribution >= 4 is 7.60 Å². The van der Waals surface area contributed by atoms with Crippen LogP contribution in [-0.4, -0.2) is 31.8 Å². The first-order valence-corrected chi connectivity index (χ1v) is 14.1. The van der Waals surface area contributed by atoms with Crippen LogP contribution in [0, 0.1) is 0 Å². The first-order chi connectivity index (χ1) is 17.4. The number of hydrogen-bond donors (Lipinski definition) is 0. The Balaban J connectivity index is 1.74. The fourth-order valence-corrected chi connectivity index (χ4v) is 5.82. The number of benzene rings is 3. The van der Waals surface area contributed by atoms with Gasteiger partial charge in [-0.3, -0.25) is 4.57 Å². The van der Waals surface area contributed by atoms with E-state index in [1.807, 2.05) is 94.4 Å². The lowest BCUT2D eigenvalue weighted by atomic mass is 9.80. The van der Waals surface area contributed by atoms with Crippen LogP contribution in [0.4, 0.5) is 0 Å². The Morgan fingerprint density at radius 3 is 1.44 bits per heavy atom. The fraction of sp³-hybridized carbons (Fsp3) is 0.333. The Labute approximate surface area is 215 Å². The van der Waals surface area contributed by atoms with Crippen LogP contribution >= 0.6 is 7.60 Å². The molecule has 0 radical (unpaired) electrons. The molecule has 36 heavy (non-hydrogen) atoms. The van der Waals surface area contributed by atoms with Gasteiger partial charge >= 0.3 is 7.60 Å². The maximum Gasteiger partial charge on any atom is 0.356 e. The van der Waals surface area contributed by atoms with Gasteiger partial charge in [0, 0.05) is 0 Å². The minimum atomic E-state index is -3.32. The summed E-state index contributed by atoms with van der Waals surface area (Å²) in [6, 6.07) is 30.7. The third kappa shape index (κ3) is 7.73. The molecule has 5 nitrogen and oxygen atoms in total. The van der Waals surface area contributed by atoms with Crippen molar-refractivity contribution in [1.82, 2.24) is 0 Å². The molecule has 192 valence electrons. The van der Waals surface area contributed by atoms with E-state index >= 15 is 0 Å². The highest BCUT2D eigenvalue weighted by Gasteiger charge is 2.37. The summed E-state index contributed by atoms with van der Waals surface area (Å²) in [7, 11) is -3.32. The third-order valence-electron chi connectivity index (χ3n) is 5.31. The van der Waals surface area contributed by atoms with Crippen molar-refractivity contribution in [3.8, 4) is 0 Å². The Morgan fingerprint density at radius 2 is 1.06 bits per heavy atom. The van der Waals surface area contributed by atoms with Gasteiger partial charge in [0.15, 0.2) is 0 Å². The second-order valence-electron chi connectivity index (χ2n) is 8.98. The molecule has 6 heteroatoms. The molecule has 0 spiro atoms. The van der Waals surface area contributed by atoms with Crippen LogP contribution in [-0.2, 0) is 28.7 Å². The van der Waals surface area contributed by atoms with Gasteiger partial charge in [-0.1, -0.05) is 103 Å². The van der Waals surface area contributed by atoms with Crippen LogP contribution < -0.4 is 0 Å². The lowest BCUT2D eigenvalue weighted by Crippen LogP contribution is -2.33. The summed E-state index contributed by atoms with van der Waals surface area (Å²) in [4.78, 5) is 0. The second-order valence-corrected chi connectivity index (χ2v) is 10.9. The molecule has 0 heterocycles. The monoisotopic (exact) mass is 508 g/mol. The topological polar surface area (TPSA) is 54.0 Å². The summed E-state index contributed by atoms with van der Waals surface area (Å²) < 4.78 is 36.3. The Hall–Kier alpha value is -2.53. The Kier molecular flexibility index (Phi) is 10.7. The van der Waals surface area contributed by atoms with Gasteiger partial charge in [-0.05, 0) is 44.4 Å². The first-order valence-electron chi connectivity index (χ1n) is 12.3. The van der Waals surface area contributed by atoms with Crippen LogP contribution in [0.5, 0.6) is 0 Å². The van der Waals surface area contributed by atoms with Crippen LogP contribution in [0.15, 0.2) is 103 Å². The second kappa shape index (κ2) is 13.7. The zero-order valence-electron chi connectivity index (χ0n) is 21.6. The molecule has 0 saturated heterocycles. The molecule has 0 aliphatic carbocycles. The zero-order valence-corrected chi connectivity index (χ0v) is 22.5. The Morgan fingerprint density at radius 1 is 0.667 bits per heavy atom. The first kappa shape index (κ1) is 28.0. The summed E-state index contributed by atoms with van der Waals surface area (Å²) in [5.74, 6) is 0. The smallest absolute Gasteiger partial charge is 0.356 e.